The summed E-state index contributed by atoms with van der Waals surface area (Å²) in [5.41, 5.74) is 9.52. The summed E-state index contributed by atoms with van der Waals surface area (Å²) < 4.78 is 25.7. The van der Waals surface area contributed by atoms with Gasteiger partial charge in [-0.3, -0.25) is 0 Å². The van der Waals surface area contributed by atoms with Gasteiger partial charge in [-0.05, 0) is 43.4 Å². The molecule has 0 fully saturated rings. The van der Waals surface area contributed by atoms with Gasteiger partial charge in [-0.2, -0.15) is 10.2 Å². The molecule has 0 saturated carbocycles. The number of anilines is 2. The third-order valence-electron chi connectivity index (χ3n) is 5.34. The van der Waals surface area contributed by atoms with Crippen molar-refractivity contribution in [2.24, 2.45) is 0 Å². The number of nitrogens with one attached hydrogen (secondary N) is 1. The third kappa shape index (κ3) is 7.77. The van der Waals surface area contributed by atoms with E-state index < -0.39 is 11.1 Å². The topological polar surface area (TPSA) is 134 Å². The average Bonchev–Trinajstić information content (AvgIpc) is 2.74. The van der Waals surface area contributed by atoms with Gasteiger partial charge in [0.1, 0.15) is 11.6 Å². The Morgan fingerprint density at radius 1 is 1.31 bits per heavy atom. The summed E-state index contributed by atoms with van der Waals surface area (Å²) in [5, 5.41) is 12.6. The Balaban J connectivity index is 2.35. The number of nitrogens with zero attached hydrogens (tertiary/aromatic N) is 3. The highest BCUT2D eigenvalue weighted by Crippen LogP contribution is 2.28. The van der Waals surface area contributed by atoms with Gasteiger partial charge in [-0.25, -0.2) is 9.19 Å². The van der Waals surface area contributed by atoms with E-state index in [0.29, 0.717) is 25.1 Å². The molecule has 1 unspecified atom stereocenters. The first-order chi connectivity index (χ1) is 15.4. The SMILES string of the molecule is CCCC[C@@H](CCCS(=O)O)Nc1nc(N)nc(C)c1Cc1cc(CC#N)ccc1OC. The predicted molar refractivity (Wildman–Crippen MR) is 128 cm³/mol. The van der Waals surface area contributed by atoms with Gasteiger partial charge in [0.15, 0.2) is 11.1 Å². The Hall–Kier alpha value is -2.70. The van der Waals surface area contributed by atoms with Gasteiger partial charge in [-0.15, -0.1) is 0 Å². The molecule has 2 aromatic rings. The van der Waals surface area contributed by atoms with E-state index in [-0.39, 0.29) is 17.7 Å². The Bertz CT molecular complexity index is 961. The quantitative estimate of drug-likeness (QED) is 0.383. The average molecular weight is 460 g/mol. The van der Waals surface area contributed by atoms with Gasteiger partial charge in [-0.1, -0.05) is 31.9 Å². The van der Waals surface area contributed by atoms with Gasteiger partial charge in [0.25, 0.3) is 0 Å². The largest absolute Gasteiger partial charge is 0.496 e. The summed E-state index contributed by atoms with van der Waals surface area (Å²) in [4.78, 5) is 8.85. The van der Waals surface area contributed by atoms with Crippen LogP contribution >= 0.6 is 0 Å². The number of nitrogen functional groups attached to an aromatic ring is 1. The minimum absolute atomic E-state index is 0.109. The van der Waals surface area contributed by atoms with E-state index in [1.54, 1.807) is 7.11 Å². The maximum absolute atomic E-state index is 11.1. The Morgan fingerprint density at radius 3 is 2.72 bits per heavy atom. The molecule has 0 saturated heterocycles. The summed E-state index contributed by atoms with van der Waals surface area (Å²) in [7, 11) is 1.63. The number of nitriles is 1. The zero-order chi connectivity index (χ0) is 23.5. The highest BCUT2D eigenvalue weighted by atomic mass is 32.2. The molecule has 1 aromatic heterocycles. The summed E-state index contributed by atoms with van der Waals surface area (Å²) >= 11 is -1.79. The first-order valence-electron chi connectivity index (χ1n) is 10.9. The molecular weight excluding hydrogens is 426 g/mol. The predicted octanol–water partition coefficient (Wildman–Crippen LogP) is 4.01. The fourth-order valence-corrected chi connectivity index (χ4v) is 4.11. The fraction of sp³-hybridized carbons (Fsp3) is 0.522. The molecule has 174 valence electrons. The molecule has 1 heterocycles. The number of hydrogen-bond donors (Lipinski definition) is 3. The standard InChI is InChI=1S/C23H33N5O3S/c1-4-5-7-19(8-6-13-32(29)30)27-22-20(16(2)26-23(25)28-22)15-18-14-17(11-12-24)9-10-21(18)31-3/h9-10,14,19H,4-8,11,13,15H2,1-3H3,(H,29,30)(H3,25,26,27,28)/t19-/m0/s1. The number of rotatable bonds is 13. The van der Waals surface area contributed by atoms with E-state index in [1.807, 2.05) is 25.1 Å². The molecule has 8 nitrogen and oxygen atoms in total. The lowest BCUT2D eigenvalue weighted by Gasteiger charge is -2.22. The van der Waals surface area contributed by atoms with Gasteiger partial charge in [0.05, 0.1) is 19.6 Å². The molecule has 4 N–H and O–H groups in total. The number of aromatic nitrogens is 2. The molecule has 2 atom stereocenters. The lowest BCUT2D eigenvalue weighted by molar-refractivity contribution is 0.410. The second-order valence-electron chi connectivity index (χ2n) is 7.80. The Labute approximate surface area is 192 Å². The van der Waals surface area contributed by atoms with E-state index in [2.05, 4.69) is 28.3 Å². The van der Waals surface area contributed by atoms with Crippen molar-refractivity contribution in [1.29, 1.82) is 5.26 Å². The number of nitrogens with two attached hydrogens (primary N) is 1. The second kappa shape index (κ2) is 13.0. The summed E-state index contributed by atoms with van der Waals surface area (Å²) in [6.45, 7) is 4.04. The molecule has 0 aliphatic rings. The zero-order valence-electron chi connectivity index (χ0n) is 19.1. The molecule has 0 aliphatic carbocycles. The summed E-state index contributed by atoms with van der Waals surface area (Å²) in [5.74, 6) is 1.87. The molecule has 9 heteroatoms. The van der Waals surface area contributed by atoms with Crippen LogP contribution < -0.4 is 15.8 Å². The van der Waals surface area contributed by atoms with Crippen LogP contribution in [0.1, 0.15) is 61.4 Å². The van der Waals surface area contributed by atoms with Crippen LogP contribution in [-0.2, 0) is 23.9 Å². The van der Waals surface area contributed by atoms with Crippen molar-refractivity contribution in [3.05, 3.63) is 40.6 Å². The van der Waals surface area contributed by atoms with E-state index >= 15 is 0 Å². The van der Waals surface area contributed by atoms with Crippen molar-refractivity contribution in [1.82, 2.24) is 9.97 Å². The van der Waals surface area contributed by atoms with Crippen LogP contribution in [0.3, 0.4) is 0 Å². The number of ether oxygens (including phenoxy) is 1. The zero-order valence-corrected chi connectivity index (χ0v) is 19.9. The minimum Gasteiger partial charge on any atom is -0.496 e. The molecule has 0 bridgehead atoms. The Morgan fingerprint density at radius 2 is 2.06 bits per heavy atom. The molecular formula is C23H33N5O3S. The van der Waals surface area contributed by atoms with E-state index in [1.165, 1.54) is 0 Å². The van der Waals surface area contributed by atoms with Crippen molar-refractivity contribution in [2.75, 3.05) is 23.9 Å². The van der Waals surface area contributed by atoms with Gasteiger partial charge >= 0.3 is 0 Å². The molecule has 32 heavy (non-hydrogen) atoms. The number of hydrogen-bond acceptors (Lipinski definition) is 7. The number of unbranched alkanes of at least 4 members (excludes halogenated alkanes) is 1. The molecule has 1 aromatic carbocycles. The van der Waals surface area contributed by atoms with Crippen LogP contribution in [0.5, 0.6) is 5.75 Å². The number of aryl methyl sites for hydroxylation is 1. The fourth-order valence-electron chi connectivity index (χ4n) is 3.70. The first-order valence-corrected chi connectivity index (χ1v) is 12.1. The lowest BCUT2D eigenvalue weighted by Crippen LogP contribution is -2.23. The second-order valence-corrected chi connectivity index (χ2v) is 8.85. The van der Waals surface area contributed by atoms with E-state index in [9.17, 15) is 4.21 Å². The normalized spacial score (nSPS) is 12.7. The molecule has 0 radical (unpaired) electrons. The van der Waals surface area contributed by atoms with Gasteiger partial charge in [0.2, 0.25) is 5.95 Å². The van der Waals surface area contributed by atoms with Crippen LogP contribution in [0.25, 0.3) is 0 Å². The summed E-state index contributed by atoms with van der Waals surface area (Å²) in [6.07, 6.45) is 5.28. The van der Waals surface area contributed by atoms with E-state index in [0.717, 1.165) is 53.8 Å². The maximum atomic E-state index is 11.1. The maximum Gasteiger partial charge on any atom is 0.222 e. The van der Waals surface area contributed by atoms with Crippen molar-refractivity contribution >= 4 is 22.8 Å². The molecule has 0 spiro atoms. The van der Waals surface area contributed by atoms with Crippen LogP contribution in [0.4, 0.5) is 11.8 Å². The minimum atomic E-state index is -1.79. The van der Waals surface area contributed by atoms with Gasteiger partial charge < -0.3 is 20.3 Å². The van der Waals surface area contributed by atoms with Crippen molar-refractivity contribution in [2.45, 2.75) is 64.8 Å². The van der Waals surface area contributed by atoms with Gasteiger partial charge in [0, 0.05) is 29.5 Å². The van der Waals surface area contributed by atoms with Crippen molar-refractivity contribution in [3.63, 3.8) is 0 Å². The summed E-state index contributed by atoms with van der Waals surface area (Å²) in [6, 6.07) is 8.04. The number of methoxy groups -OCH3 is 1. The highest BCUT2D eigenvalue weighted by molar-refractivity contribution is 7.79. The van der Waals surface area contributed by atoms with Crippen LogP contribution in [0, 0.1) is 18.3 Å². The monoisotopic (exact) mass is 459 g/mol. The van der Waals surface area contributed by atoms with Crippen LogP contribution in [0.2, 0.25) is 0 Å². The third-order valence-corrected chi connectivity index (χ3v) is 5.98. The lowest BCUT2D eigenvalue weighted by atomic mass is 9.99. The first kappa shape index (κ1) is 25.6. The van der Waals surface area contributed by atoms with Crippen molar-refractivity contribution in [3.8, 4) is 11.8 Å². The smallest absolute Gasteiger partial charge is 0.222 e. The molecule has 0 amide bonds. The van der Waals surface area contributed by atoms with Crippen LogP contribution in [0.15, 0.2) is 18.2 Å². The Kier molecular flexibility index (Phi) is 10.4. The van der Waals surface area contributed by atoms with Crippen LogP contribution in [-0.4, -0.2) is 37.6 Å². The highest BCUT2D eigenvalue weighted by Gasteiger charge is 2.18. The van der Waals surface area contributed by atoms with Crippen molar-refractivity contribution < 1.29 is 13.5 Å². The molecule has 2 rings (SSSR count). The molecule has 0 aliphatic heterocycles. The number of benzene rings is 1. The van der Waals surface area contributed by atoms with E-state index in [4.69, 9.17) is 20.3 Å².